The van der Waals surface area contributed by atoms with Crippen LogP contribution in [-0.4, -0.2) is 18.1 Å². The van der Waals surface area contributed by atoms with E-state index in [9.17, 15) is 9.70 Å². The molecule has 0 atom stereocenters. The lowest BCUT2D eigenvalue weighted by atomic mass is 10.2. The summed E-state index contributed by atoms with van der Waals surface area (Å²) >= 11 is 5.75. The van der Waals surface area contributed by atoms with E-state index < -0.39 is 6.03 Å². The molecule has 0 aliphatic heterocycles. The zero-order valence-electron chi connectivity index (χ0n) is 8.32. The van der Waals surface area contributed by atoms with Crippen LogP contribution in [0.3, 0.4) is 0 Å². The van der Waals surface area contributed by atoms with Gasteiger partial charge in [-0.15, -0.1) is 4.91 Å². The van der Waals surface area contributed by atoms with Gasteiger partial charge in [0.25, 0.3) is 0 Å². The maximum absolute atomic E-state index is 11.3. The number of halogens is 1. The second kappa shape index (κ2) is 4.75. The molecule has 0 aliphatic carbocycles. The van der Waals surface area contributed by atoms with Gasteiger partial charge in [-0.1, -0.05) is 11.6 Å². The highest BCUT2D eigenvalue weighted by molar-refractivity contribution is 6.30. The number of carbonyl (C=O) groups excluding carboxylic acids is 1. The molecule has 15 heavy (non-hydrogen) atoms. The maximum Gasteiger partial charge on any atom is 0.344 e. The average Bonchev–Trinajstić information content (AvgIpc) is 2.20. The Morgan fingerprint density at radius 2 is 2.20 bits per heavy atom. The van der Waals surface area contributed by atoms with Gasteiger partial charge in [0.15, 0.2) is 0 Å². The normalized spacial score (nSPS) is 9.53. The predicted molar refractivity (Wildman–Crippen MR) is 58.8 cm³/mol. The van der Waals surface area contributed by atoms with Crippen molar-refractivity contribution in [3.63, 3.8) is 0 Å². The molecule has 0 heterocycles. The van der Waals surface area contributed by atoms with Gasteiger partial charge in [0.05, 0.1) is 5.29 Å². The molecule has 1 N–H and O–H groups in total. The van der Waals surface area contributed by atoms with E-state index in [0.29, 0.717) is 15.7 Å². The molecule has 0 fully saturated rings. The quantitative estimate of drug-likeness (QED) is 0.624. The SMILES string of the molecule is Cc1cc(Cl)ccc1NC(=O)N(C)N=O. The summed E-state index contributed by atoms with van der Waals surface area (Å²) in [4.78, 5) is 21.3. The molecule has 80 valence electrons. The summed E-state index contributed by atoms with van der Waals surface area (Å²) in [6, 6.07) is 4.44. The van der Waals surface area contributed by atoms with Gasteiger partial charge in [0.2, 0.25) is 0 Å². The fourth-order valence-corrected chi connectivity index (χ4v) is 1.23. The Labute approximate surface area is 92.0 Å². The van der Waals surface area contributed by atoms with Gasteiger partial charge in [-0.3, -0.25) is 0 Å². The second-order valence-corrected chi connectivity index (χ2v) is 3.43. The fourth-order valence-electron chi connectivity index (χ4n) is 1.00. The third-order valence-electron chi connectivity index (χ3n) is 1.85. The summed E-state index contributed by atoms with van der Waals surface area (Å²) < 4.78 is 0. The minimum Gasteiger partial charge on any atom is -0.306 e. The van der Waals surface area contributed by atoms with E-state index in [-0.39, 0.29) is 0 Å². The molecule has 2 amide bonds. The second-order valence-electron chi connectivity index (χ2n) is 2.99. The molecule has 0 saturated carbocycles. The van der Waals surface area contributed by atoms with Gasteiger partial charge in [-0.25, -0.2) is 4.79 Å². The van der Waals surface area contributed by atoms with E-state index in [2.05, 4.69) is 10.6 Å². The number of aryl methyl sites for hydroxylation is 1. The maximum atomic E-state index is 11.3. The highest BCUT2D eigenvalue weighted by Gasteiger charge is 2.09. The summed E-state index contributed by atoms with van der Waals surface area (Å²) in [7, 11) is 1.27. The molecule has 0 aliphatic rings. The van der Waals surface area contributed by atoms with E-state index in [4.69, 9.17) is 11.6 Å². The minimum absolute atomic E-state index is 0.588. The number of rotatable bonds is 2. The number of amides is 2. The topological polar surface area (TPSA) is 61.8 Å². The van der Waals surface area contributed by atoms with Crippen LogP contribution in [0.5, 0.6) is 0 Å². The Morgan fingerprint density at radius 3 is 2.73 bits per heavy atom. The average molecular weight is 228 g/mol. The Balaban J connectivity index is 2.81. The fraction of sp³-hybridized carbons (Fsp3) is 0.222. The van der Waals surface area contributed by atoms with Crippen LogP contribution >= 0.6 is 11.6 Å². The lowest BCUT2D eigenvalue weighted by Crippen LogP contribution is -2.26. The van der Waals surface area contributed by atoms with E-state index in [1.807, 2.05) is 0 Å². The van der Waals surface area contributed by atoms with E-state index in [1.54, 1.807) is 25.1 Å². The van der Waals surface area contributed by atoms with Crippen molar-refractivity contribution in [3.8, 4) is 0 Å². The molecule has 0 bridgehead atoms. The van der Waals surface area contributed by atoms with E-state index >= 15 is 0 Å². The molecule has 1 rings (SSSR count). The van der Waals surface area contributed by atoms with Crippen molar-refractivity contribution < 1.29 is 4.79 Å². The third-order valence-corrected chi connectivity index (χ3v) is 2.08. The van der Waals surface area contributed by atoms with Crippen molar-refractivity contribution in [1.29, 1.82) is 0 Å². The molecule has 1 aromatic rings. The molecular weight excluding hydrogens is 218 g/mol. The summed E-state index contributed by atoms with van der Waals surface area (Å²) in [5.74, 6) is 0. The molecule has 6 heteroatoms. The first-order valence-electron chi connectivity index (χ1n) is 4.18. The van der Waals surface area contributed by atoms with Crippen LogP contribution in [0.2, 0.25) is 5.02 Å². The number of hydrogen-bond donors (Lipinski definition) is 1. The van der Waals surface area contributed by atoms with Gasteiger partial charge < -0.3 is 5.32 Å². The summed E-state index contributed by atoms with van der Waals surface area (Å²) in [6.45, 7) is 1.80. The Hall–Kier alpha value is -1.62. The largest absolute Gasteiger partial charge is 0.344 e. The Bertz CT molecular complexity index is 395. The highest BCUT2D eigenvalue weighted by atomic mass is 35.5. The third kappa shape index (κ3) is 2.92. The lowest BCUT2D eigenvalue weighted by molar-refractivity contribution is 0.224. The molecule has 0 radical (unpaired) electrons. The lowest BCUT2D eigenvalue weighted by Gasteiger charge is -2.11. The van der Waals surface area contributed by atoms with E-state index in [0.717, 1.165) is 5.56 Å². The van der Waals surface area contributed by atoms with Crippen LogP contribution in [0.15, 0.2) is 23.5 Å². The Morgan fingerprint density at radius 1 is 1.53 bits per heavy atom. The van der Waals surface area contributed by atoms with Crippen LogP contribution in [0.1, 0.15) is 5.56 Å². The first-order chi connectivity index (χ1) is 7.04. The van der Waals surface area contributed by atoms with Crippen LogP contribution < -0.4 is 5.32 Å². The monoisotopic (exact) mass is 227 g/mol. The molecule has 0 spiro atoms. The highest BCUT2D eigenvalue weighted by Crippen LogP contribution is 2.19. The number of nitrogens with zero attached hydrogens (tertiary/aromatic N) is 2. The summed E-state index contributed by atoms with van der Waals surface area (Å²) in [5, 5.41) is 6.26. The van der Waals surface area contributed by atoms with Crippen LogP contribution in [0.25, 0.3) is 0 Å². The predicted octanol–water partition coefficient (Wildman–Crippen LogP) is 2.79. The number of nitrogens with one attached hydrogen (secondary N) is 1. The molecular formula is C9H10ClN3O2. The summed E-state index contributed by atoms with van der Waals surface area (Å²) in [6.07, 6.45) is 0. The standard InChI is InChI=1S/C9H10ClN3O2/c1-6-5-7(10)3-4-8(6)11-9(14)13(2)12-15/h3-5H,1-2H3,(H,11,14). The van der Waals surface area contributed by atoms with Crippen LogP contribution in [-0.2, 0) is 0 Å². The van der Waals surface area contributed by atoms with Crippen molar-refractivity contribution in [2.75, 3.05) is 12.4 Å². The molecule has 0 unspecified atom stereocenters. The van der Waals surface area contributed by atoms with Gasteiger partial charge in [-0.2, -0.15) is 5.01 Å². The van der Waals surface area contributed by atoms with Gasteiger partial charge in [-0.05, 0) is 30.7 Å². The molecule has 5 nitrogen and oxygen atoms in total. The summed E-state index contributed by atoms with van der Waals surface area (Å²) in [5.41, 5.74) is 1.41. The number of nitroso groups, excluding NO2 is 1. The number of urea groups is 1. The molecule has 1 aromatic carbocycles. The number of anilines is 1. The van der Waals surface area contributed by atoms with Gasteiger partial charge in [0.1, 0.15) is 0 Å². The number of hydrogen-bond acceptors (Lipinski definition) is 3. The zero-order chi connectivity index (χ0) is 11.4. The van der Waals surface area contributed by atoms with Crippen molar-refractivity contribution in [2.24, 2.45) is 5.29 Å². The van der Waals surface area contributed by atoms with Crippen LogP contribution in [0, 0.1) is 11.8 Å². The van der Waals surface area contributed by atoms with Crippen molar-refractivity contribution >= 4 is 23.3 Å². The smallest absolute Gasteiger partial charge is 0.306 e. The number of carbonyl (C=O) groups is 1. The van der Waals surface area contributed by atoms with E-state index in [1.165, 1.54) is 7.05 Å². The first kappa shape index (κ1) is 11.5. The number of benzene rings is 1. The zero-order valence-corrected chi connectivity index (χ0v) is 9.08. The Kier molecular flexibility index (Phi) is 3.62. The van der Waals surface area contributed by atoms with Crippen molar-refractivity contribution in [1.82, 2.24) is 5.01 Å². The van der Waals surface area contributed by atoms with Crippen LogP contribution in [0.4, 0.5) is 10.5 Å². The van der Waals surface area contributed by atoms with Gasteiger partial charge in [0, 0.05) is 17.8 Å². The van der Waals surface area contributed by atoms with Crippen molar-refractivity contribution in [3.05, 3.63) is 33.7 Å². The minimum atomic E-state index is -0.588. The van der Waals surface area contributed by atoms with Gasteiger partial charge >= 0.3 is 6.03 Å². The van der Waals surface area contributed by atoms with Crippen molar-refractivity contribution in [2.45, 2.75) is 6.92 Å². The molecule has 0 saturated heterocycles. The first-order valence-corrected chi connectivity index (χ1v) is 4.56. The molecule has 0 aromatic heterocycles.